The van der Waals surface area contributed by atoms with Crippen molar-refractivity contribution in [3.8, 4) is 11.1 Å². The molecule has 0 aliphatic carbocycles. The van der Waals surface area contributed by atoms with Crippen molar-refractivity contribution in [1.29, 1.82) is 0 Å². The molecule has 4 aromatic rings. The number of thioether (sulfide) groups is 1. The summed E-state index contributed by atoms with van der Waals surface area (Å²) in [6, 6.07) is 27.2. The lowest BCUT2D eigenvalue weighted by Crippen LogP contribution is -2.59. The zero-order valence-electron chi connectivity index (χ0n) is 31.5. The number of carboxylic acids is 1. The number of nitrogens with one attached hydrogen (secondary N) is 5. The summed E-state index contributed by atoms with van der Waals surface area (Å²) in [5, 5.41) is 36.1. The van der Waals surface area contributed by atoms with Crippen LogP contribution < -0.4 is 26.6 Å². The second kappa shape index (κ2) is 19.7. The van der Waals surface area contributed by atoms with Gasteiger partial charge in [-0.1, -0.05) is 103 Å². The lowest BCUT2D eigenvalue weighted by molar-refractivity contribution is -0.142. The third-order valence-corrected chi connectivity index (χ3v) is 11.0. The minimum Gasteiger partial charge on any atom is -0.480 e. The van der Waals surface area contributed by atoms with Gasteiger partial charge in [0.1, 0.15) is 30.3 Å². The molecule has 0 aromatic heterocycles. The molecule has 7 rings (SSSR count). The van der Waals surface area contributed by atoms with Crippen molar-refractivity contribution in [2.24, 2.45) is 0 Å². The molecule has 3 aliphatic heterocycles. The average Bonchev–Trinajstić information content (AvgIpc) is 3.74. The first kappa shape index (κ1) is 41.4. The highest BCUT2D eigenvalue weighted by molar-refractivity contribution is 8.03. The number of carboxylic acid groups (broad SMARTS) is 1. The molecule has 0 saturated heterocycles. The first-order valence-corrected chi connectivity index (χ1v) is 19.9. The molecule has 4 aromatic carbocycles. The van der Waals surface area contributed by atoms with Gasteiger partial charge >= 0.3 is 5.97 Å². The summed E-state index contributed by atoms with van der Waals surface area (Å²) in [5.41, 5.74) is 4.16. The molecule has 5 amide bonds. The van der Waals surface area contributed by atoms with Crippen molar-refractivity contribution in [3.63, 3.8) is 0 Å². The Hall–Kier alpha value is -6.25. The fraction of sp³-hybridized carbons (Fsp3) is 0.273. The molecule has 58 heavy (non-hydrogen) atoms. The Morgan fingerprint density at radius 3 is 1.78 bits per heavy atom. The van der Waals surface area contributed by atoms with E-state index in [0.717, 1.165) is 11.1 Å². The van der Waals surface area contributed by atoms with Crippen LogP contribution in [0, 0.1) is 0 Å². The molecule has 0 fully saturated rings. The van der Waals surface area contributed by atoms with Gasteiger partial charge in [-0.3, -0.25) is 24.0 Å². The fourth-order valence-electron chi connectivity index (χ4n) is 6.77. The Kier molecular flexibility index (Phi) is 14.1. The molecule has 0 radical (unpaired) electrons. The number of allylic oxidation sites excluding steroid dienone is 1. The SMILES string of the molecule is O=C1C[C@H](O)C(=O)N[C@H](CC2CC=CS2)C(=O)N[C@@H](Cc2ccc(-c3ccccc3)cc2)C(=O)N[C@H](Cc2ccccc2)C(=O)N[C@H](C(=O)O)Cc2ccc(cc2)N1. The number of aliphatic hydroxyl groups excluding tert-OH is 1. The smallest absolute Gasteiger partial charge is 0.326 e. The molecule has 3 aliphatic rings. The number of rotatable bonds is 8. The quantitative estimate of drug-likeness (QED) is 0.130. The van der Waals surface area contributed by atoms with Gasteiger partial charge in [-0.25, -0.2) is 4.79 Å². The number of carbonyl (C=O) groups is 6. The predicted octanol–water partition coefficient (Wildman–Crippen LogP) is 3.52. The summed E-state index contributed by atoms with van der Waals surface area (Å²) in [7, 11) is 0. The Bertz CT molecular complexity index is 2110. The van der Waals surface area contributed by atoms with E-state index in [9.17, 15) is 39.0 Å². The molecule has 1 unspecified atom stereocenters. The van der Waals surface area contributed by atoms with Gasteiger partial charge in [-0.15, -0.1) is 11.8 Å². The largest absolute Gasteiger partial charge is 0.480 e. The topological polar surface area (TPSA) is 203 Å². The van der Waals surface area contributed by atoms with E-state index in [2.05, 4.69) is 26.6 Å². The van der Waals surface area contributed by atoms with Gasteiger partial charge in [0.2, 0.25) is 29.5 Å². The van der Waals surface area contributed by atoms with E-state index in [-0.39, 0.29) is 30.9 Å². The maximum absolute atomic E-state index is 14.4. The first-order valence-electron chi connectivity index (χ1n) is 19.0. The molecule has 14 heteroatoms. The van der Waals surface area contributed by atoms with Crippen LogP contribution in [-0.4, -0.2) is 81.2 Å². The van der Waals surface area contributed by atoms with Crippen molar-refractivity contribution < 1.29 is 39.0 Å². The van der Waals surface area contributed by atoms with Crippen LogP contribution in [0.15, 0.2) is 121 Å². The second-order valence-corrected chi connectivity index (χ2v) is 15.5. The number of hydrogen-bond donors (Lipinski definition) is 7. The van der Waals surface area contributed by atoms with Crippen molar-refractivity contribution in [1.82, 2.24) is 21.3 Å². The average molecular weight is 804 g/mol. The second-order valence-electron chi connectivity index (χ2n) is 14.3. The monoisotopic (exact) mass is 803 g/mol. The molecular formula is C44H45N5O8S. The highest BCUT2D eigenvalue weighted by atomic mass is 32.2. The van der Waals surface area contributed by atoms with Crippen LogP contribution in [0.2, 0.25) is 0 Å². The molecule has 7 N–H and O–H groups in total. The Labute approximate surface area is 340 Å². The highest BCUT2D eigenvalue weighted by Gasteiger charge is 2.34. The number of anilines is 1. The van der Waals surface area contributed by atoms with E-state index in [0.29, 0.717) is 28.8 Å². The van der Waals surface area contributed by atoms with Crippen molar-refractivity contribution >= 4 is 53.0 Å². The molecule has 300 valence electrons. The number of aliphatic carboxylic acids is 1. The summed E-state index contributed by atoms with van der Waals surface area (Å²) >= 11 is 1.48. The number of benzene rings is 4. The highest BCUT2D eigenvalue weighted by Crippen LogP contribution is 2.28. The standard InChI is InChI=1S/C44H45N5O8S/c50-38-26-39(51)45-32-19-15-29(16-20-32)24-37(44(56)57)49-41(53)34(22-27-8-3-1-4-9-27)46-40(52)35(23-28-13-17-31(18-14-28)30-10-5-2-6-11-30)47-42(54)36(48-43(38)55)25-33-12-7-21-58-33/h1-11,13-21,33-38,50H,12,22-26H2,(H,45,51)(H,46,52)(H,47,54)(H,48,55)(H,49,53)(H,56,57)/t33?,34-,35+,36-,37+,38+/m1/s1. The van der Waals surface area contributed by atoms with Crippen LogP contribution in [0.1, 0.15) is 36.0 Å². The van der Waals surface area contributed by atoms with E-state index < -0.39 is 72.2 Å². The summed E-state index contributed by atoms with van der Waals surface area (Å²) in [5.74, 6) is -5.09. The molecule has 2 bridgehead atoms. The maximum Gasteiger partial charge on any atom is 0.326 e. The molecule has 0 spiro atoms. The van der Waals surface area contributed by atoms with Crippen LogP contribution in [0.5, 0.6) is 0 Å². The molecule has 0 saturated carbocycles. The van der Waals surface area contributed by atoms with Gasteiger partial charge in [0.25, 0.3) is 0 Å². The van der Waals surface area contributed by atoms with Crippen LogP contribution >= 0.6 is 11.8 Å². The van der Waals surface area contributed by atoms with Gasteiger partial charge in [-0.2, -0.15) is 0 Å². The normalized spacial score (nSPS) is 23.4. The van der Waals surface area contributed by atoms with E-state index >= 15 is 0 Å². The van der Waals surface area contributed by atoms with Crippen LogP contribution in [0.25, 0.3) is 11.1 Å². The van der Waals surface area contributed by atoms with Crippen molar-refractivity contribution in [2.45, 2.75) is 74.0 Å². The minimum atomic E-state index is -1.80. The van der Waals surface area contributed by atoms with Gasteiger partial charge in [0, 0.05) is 30.2 Å². The molecular weight excluding hydrogens is 759 g/mol. The lowest BCUT2D eigenvalue weighted by Gasteiger charge is -2.27. The summed E-state index contributed by atoms with van der Waals surface area (Å²) < 4.78 is 0. The van der Waals surface area contributed by atoms with E-state index in [1.165, 1.54) is 23.9 Å². The van der Waals surface area contributed by atoms with Gasteiger partial charge in [0.05, 0.1) is 6.42 Å². The zero-order valence-corrected chi connectivity index (χ0v) is 32.3. The Morgan fingerprint density at radius 2 is 1.17 bits per heavy atom. The van der Waals surface area contributed by atoms with Crippen molar-refractivity contribution in [2.75, 3.05) is 5.32 Å². The lowest BCUT2D eigenvalue weighted by atomic mass is 9.98. The van der Waals surface area contributed by atoms with Crippen LogP contribution in [-0.2, 0) is 48.0 Å². The number of fused-ring (bicyclic) bond motifs is 18. The minimum absolute atomic E-state index is 0.00800. The van der Waals surface area contributed by atoms with E-state index in [1.54, 1.807) is 42.5 Å². The first-order chi connectivity index (χ1) is 28.0. The number of aliphatic hydroxyl groups is 1. The van der Waals surface area contributed by atoms with Crippen molar-refractivity contribution in [3.05, 3.63) is 137 Å². The molecule has 3 heterocycles. The summed E-state index contributed by atoms with van der Waals surface area (Å²) in [6.07, 6.45) is 0.187. The van der Waals surface area contributed by atoms with Gasteiger partial charge < -0.3 is 36.8 Å². The Morgan fingerprint density at radius 1 is 0.621 bits per heavy atom. The maximum atomic E-state index is 14.4. The Balaban J connectivity index is 1.34. The number of carbonyl (C=O) groups excluding carboxylic acids is 5. The van der Waals surface area contributed by atoms with Gasteiger partial charge in [-0.05, 0) is 58.2 Å². The van der Waals surface area contributed by atoms with Crippen LogP contribution in [0.3, 0.4) is 0 Å². The zero-order chi connectivity index (χ0) is 41.0. The van der Waals surface area contributed by atoms with E-state index in [1.807, 2.05) is 66.1 Å². The number of amides is 5. The third-order valence-electron chi connectivity index (χ3n) is 9.92. The summed E-state index contributed by atoms with van der Waals surface area (Å²) in [4.78, 5) is 81.2. The fourth-order valence-corrected chi connectivity index (χ4v) is 7.74. The van der Waals surface area contributed by atoms with E-state index in [4.69, 9.17) is 0 Å². The summed E-state index contributed by atoms with van der Waals surface area (Å²) in [6.45, 7) is 0. The predicted molar refractivity (Wildman–Crippen MR) is 220 cm³/mol. The molecule has 6 atom stereocenters. The third kappa shape index (κ3) is 11.6. The number of hydrogen-bond acceptors (Lipinski definition) is 8. The van der Waals surface area contributed by atoms with Gasteiger partial charge in [0.15, 0.2) is 0 Å². The molecule has 13 nitrogen and oxygen atoms in total. The van der Waals surface area contributed by atoms with Crippen LogP contribution in [0.4, 0.5) is 5.69 Å².